The molecule has 1 aliphatic heterocycles. The standard InChI is InChI=1S/C19H21ClN2O2/c1-15-13-17(20)7-8-18(15)21-9-11-22(12-10-21)19(23)24-14-16-5-3-2-4-6-16/h2-8,13H,9-12,14H2,1H3. The molecule has 1 saturated heterocycles. The summed E-state index contributed by atoms with van der Waals surface area (Å²) in [5, 5.41) is 0.749. The van der Waals surface area contributed by atoms with Gasteiger partial charge in [-0.05, 0) is 36.2 Å². The third-order valence-corrected chi connectivity index (χ3v) is 4.48. The van der Waals surface area contributed by atoms with Gasteiger partial charge < -0.3 is 14.5 Å². The third kappa shape index (κ3) is 4.01. The first-order valence-corrected chi connectivity index (χ1v) is 8.48. The highest BCUT2D eigenvalue weighted by atomic mass is 35.5. The quantitative estimate of drug-likeness (QED) is 0.840. The molecule has 0 bridgehead atoms. The largest absolute Gasteiger partial charge is 0.445 e. The molecule has 0 N–H and O–H groups in total. The zero-order valence-electron chi connectivity index (χ0n) is 13.7. The Balaban J connectivity index is 1.52. The Kier molecular flexibility index (Phi) is 5.26. The number of nitrogens with zero attached hydrogens (tertiary/aromatic N) is 2. The second-order valence-corrected chi connectivity index (χ2v) is 6.38. The van der Waals surface area contributed by atoms with Crippen LogP contribution in [0.25, 0.3) is 0 Å². The zero-order valence-corrected chi connectivity index (χ0v) is 14.5. The van der Waals surface area contributed by atoms with Crippen molar-refractivity contribution in [3.05, 3.63) is 64.7 Å². The van der Waals surface area contributed by atoms with Gasteiger partial charge in [0.1, 0.15) is 6.61 Å². The van der Waals surface area contributed by atoms with Gasteiger partial charge >= 0.3 is 6.09 Å². The van der Waals surface area contributed by atoms with Crippen LogP contribution in [0.2, 0.25) is 5.02 Å². The van der Waals surface area contributed by atoms with Gasteiger partial charge in [-0.15, -0.1) is 0 Å². The van der Waals surface area contributed by atoms with Gasteiger partial charge in [0.2, 0.25) is 0 Å². The lowest BCUT2D eigenvalue weighted by atomic mass is 10.1. The molecule has 0 spiro atoms. The smallest absolute Gasteiger partial charge is 0.410 e. The van der Waals surface area contributed by atoms with Gasteiger partial charge in [0, 0.05) is 36.9 Å². The normalized spacial score (nSPS) is 14.6. The molecule has 1 aliphatic rings. The molecule has 1 amide bonds. The van der Waals surface area contributed by atoms with E-state index < -0.39 is 0 Å². The minimum absolute atomic E-state index is 0.244. The fourth-order valence-corrected chi connectivity index (χ4v) is 3.14. The highest BCUT2D eigenvalue weighted by Gasteiger charge is 2.23. The maximum atomic E-state index is 12.2. The van der Waals surface area contributed by atoms with Crippen molar-refractivity contribution in [2.24, 2.45) is 0 Å². The first-order valence-electron chi connectivity index (χ1n) is 8.10. The van der Waals surface area contributed by atoms with Crippen molar-refractivity contribution in [3.63, 3.8) is 0 Å². The number of carbonyl (C=O) groups excluding carboxylic acids is 1. The van der Waals surface area contributed by atoms with Crippen LogP contribution >= 0.6 is 11.6 Å². The number of carbonyl (C=O) groups is 1. The van der Waals surface area contributed by atoms with Gasteiger partial charge in [-0.2, -0.15) is 0 Å². The van der Waals surface area contributed by atoms with Crippen LogP contribution in [0.15, 0.2) is 48.5 Å². The van der Waals surface area contributed by atoms with Crippen molar-refractivity contribution < 1.29 is 9.53 Å². The van der Waals surface area contributed by atoms with Crippen LogP contribution in [0, 0.1) is 6.92 Å². The topological polar surface area (TPSA) is 32.8 Å². The molecule has 0 atom stereocenters. The Bertz CT molecular complexity index is 698. The lowest BCUT2D eigenvalue weighted by Crippen LogP contribution is -2.49. The van der Waals surface area contributed by atoms with E-state index in [2.05, 4.69) is 11.8 Å². The van der Waals surface area contributed by atoms with E-state index in [9.17, 15) is 4.79 Å². The first kappa shape index (κ1) is 16.7. The Morgan fingerprint density at radius 1 is 1.08 bits per heavy atom. The van der Waals surface area contributed by atoms with Gasteiger partial charge in [0.25, 0.3) is 0 Å². The molecule has 0 saturated carbocycles. The summed E-state index contributed by atoms with van der Waals surface area (Å²) in [4.78, 5) is 16.2. The van der Waals surface area contributed by atoms with Crippen LogP contribution in [0.1, 0.15) is 11.1 Å². The van der Waals surface area contributed by atoms with E-state index in [1.54, 1.807) is 4.90 Å². The maximum Gasteiger partial charge on any atom is 0.410 e. The molecule has 5 heteroatoms. The molecule has 2 aromatic rings. The Morgan fingerprint density at radius 2 is 1.79 bits per heavy atom. The molecule has 2 aromatic carbocycles. The monoisotopic (exact) mass is 344 g/mol. The van der Waals surface area contributed by atoms with Crippen LogP contribution in [-0.4, -0.2) is 37.2 Å². The summed E-state index contributed by atoms with van der Waals surface area (Å²) in [5.74, 6) is 0. The van der Waals surface area contributed by atoms with Gasteiger partial charge in [0.05, 0.1) is 0 Å². The number of amides is 1. The molecule has 0 aliphatic carbocycles. The SMILES string of the molecule is Cc1cc(Cl)ccc1N1CCN(C(=O)OCc2ccccc2)CC1. The number of rotatable bonds is 3. The number of hydrogen-bond acceptors (Lipinski definition) is 3. The molecule has 3 rings (SSSR count). The van der Waals surface area contributed by atoms with Crippen LogP contribution in [0.5, 0.6) is 0 Å². The Hall–Kier alpha value is -2.20. The molecule has 1 heterocycles. The van der Waals surface area contributed by atoms with E-state index in [-0.39, 0.29) is 6.09 Å². The van der Waals surface area contributed by atoms with E-state index in [4.69, 9.17) is 16.3 Å². The zero-order chi connectivity index (χ0) is 16.9. The molecule has 126 valence electrons. The average molecular weight is 345 g/mol. The molecular formula is C19H21ClN2O2. The number of halogens is 1. The second kappa shape index (κ2) is 7.58. The second-order valence-electron chi connectivity index (χ2n) is 5.95. The summed E-state index contributed by atoms with van der Waals surface area (Å²) in [7, 11) is 0. The Morgan fingerprint density at radius 3 is 2.46 bits per heavy atom. The number of hydrogen-bond donors (Lipinski definition) is 0. The highest BCUT2D eigenvalue weighted by molar-refractivity contribution is 6.30. The summed E-state index contributed by atoms with van der Waals surface area (Å²) in [6.45, 7) is 5.29. The van der Waals surface area contributed by atoms with Crippen LogP contribution < -0.4 is 4.90 Å². The first-order chi connectivity index (χ1) is 11.6. The van der Waals surface area contributed by atoms with E-state index in [1.165, 1.54) is 5.69 Å². The van der Waals surface area contributed by atoms with Gasteiger partial charge in [-0.3, -0.25) is 0 Å². The molecular weight excluding hydrogens is 324 g/mol. The summed E-state index contributed by atoms with van der Waals surface area (Å²) in [5.41, 5.74) is 3.33. The van der Waals surface area contributed by atoms with Crippen molar-refractivity contribution in [1.82, 2.24) is 4.90 Å². The lowest BCUT2D eigenvalue weighted by molar-refractivity contribution is 0.0942. The van der Waals surface area contributed by atoms with E-state index in [1.807, 2.05) is 48.5 Å². The van der Waals surface area contributed by atoms with E-state index >= 15 is 0 Å². The molecule has 0 radical (unpaired) electrons. The number of benzene rings is 2. The van der Waals surface area contributed by atoms with Gasteiger partial charge in [-0.1, -0.05) is 41.9 Å². The number of anilines is 1. The third-order valence-electron chi connectivity index (χ3n) is 4.24. The van der Waals surface area contributed by atoms with Crippen molar-refractivity contribution in [3.8, 4) is 0 Å². The summed E-state index contributed by atoms with van der Waals surface area (Å²) >= 11 is 6.02. The van der Waals surface area contributed by atoms with Crippen molar-refractivity contribution >= 4 is 23.4 Å². The molecule has 24 heavy (non-hydrogen) atoms. The summed E-state index contributed by atoms with van der Waals surface area (Å²) < 4.78 is 5.40. The lowest BCUT2D eigenvalue weighted by Gasteiger charge is -2.36. The number of ether oxygens (including phenoxy) is 1. The number of aryl methyl sites for hydroxylation is 1. The molecule has 0 unspecified atom stereocenters. The maximum absolute atomic E-state index is 12.2. The minimum Gasteiger partial charge on any atom is -0.445 e. The predicted octanol–water partition coefficient (Wildman–Crippen LogP) is 4.11. The Labute approximate surface area is 147 Å². The predicted molar refractivity (Wildman–Crippen MR) is 96.6 cm³/mol. The van der Waals surface area contributed by atoms with Crippen molar-refractivity contribution in [1.29, 1.82) is 0 Å². The average Bonchev–Trinajstić information content (AvgIpc) is 2.61. The molecule has 1 fully saturated rings. The van der Waals surface area contributed by atoms with E-state index in [0.717, 1.165) is 29.2 Å². The van der Waals surface area contributed by atoms with Gasteiger partial charge in [-0.25, -0.2) is 4.79 Å². The van der Waals surface area contributed by atoms with Crippen LogP contribution in [-0.2, 0) is 11.3 Å². The number of piperazine rings is 1. The highest BCUT2D eigenvalue weighted by Crippen LogP contribution is 2.24. The molecule has 0 aromatic heterocycles. The fourth-order valence-electron chi connectivity index (χ4n) is 2.91. The fraction of sp³-hybridized carbons (Fsp3) is 0.316. The van der Waals surface area contributed by atoms with Gasteiger partial charge in [0.15, 0.2) is 0 Å². The summed E-state index contributed by atoms with van der Waals surface area (Å²) in [6.07, 6.45) is -0.244. The van der Waals surface area contributed by atoms with Crippen LogP contribution in [0.3, 0.4) is 0 Å². The van der Waals surface area contributed by atoms with E-state index in [0.29, 0.717) is 19.7 Å². The minimum atomic E-state index is -0.244. The summed E-state index contributed by atoms with van der Waals surface area (Å²) in [6, 6.07) is 15.7. The van der Waals surface area contributed by atoms with Crippen molar-refractivity contribution in [2.75, 3.05) is 31.1 Å². The molecule has 4 nitrogen and oxygen atoms in total. The van der Waals surface area contributed by atoms with Crippen molar-refractivity contribution in [2.45, 2.75) is 13.5 Å². The van der Waals surface area contributed by atoms with Crippen LogP contribution in [0.4, 0.5) is 10.5 Å².